The summed E-state index contributed by atoms with van der Waals surface area (Å²) in [6, 6.07) is -0.572. The maximum atomic E-state index is 11.5. The first kappa shape index (κ1) is 10.7. The normalized spacial score (nSPS) is 23.8. The highest BCUT2D eigenvalue weighted by Gasteiger charge is 2.36. The van der Waals surface area contributed by atoms with Gasteiger partial charge in [0.05, 0.1) is 18.5 Å². The quantitative estimate of drug-likeness (QED) is 0.497. The van der Waals surface area contributed by atoms with E-state index >= 15 is 0 Å². The number of likely N-dealkylation sites (tertiary alicyclic amines) is 1. The van der Waals surface area contributed by atoms with E-state index in [0.29, 0.717) is 0 Å². The fourth-order valence-electron chi connectivity index (χ4n) is 1.41. The fraction of sp³-hybridized carbons (Fsp3) is 0.600. The molecule has 0 aromatic carbocycles. The van der Waals surface area contributed by atoms with Crippen molar-refractivity contribution >= 4 is 11.8 Å². The first-order valence-corrected chi connectivity index (χ1v) is 4.62. The van der Waals surface area contributed by atoms with Crippen molar-refractivity contribution in [2.24, 2.45) is 0 Å². The zero-order valence-corrected chi connectivity index (χ0v) is 8.41. The summed E-state index contributed by atoms with van der Waals surface area (Å²) in [5, 5.41) is 2.98. The third kappa shape index (κ3) is 1.94. The summed E-state index contributed by atoms with van der Waals surface area (Å²) >= 11 is 0. The topological polar surface area (TPSA) is 49.4 Å². The zero-order chi connectivity index (χ0) is 10.7. The van der Waals surface area contributed by atoms with Gasteiger partial charge in [-0.2, -0.15) is 0 Å². The molecule has 0 saturated carbocycles. The Morgan fingerprint density at radius 3 is 2.71 bits per heavy atom. The molecule has 76 valence electrons. The second kappa shape index (κ2) is 4.25. The van der Waals surface area contributed by atoms with Gasteiger partial charge in [-0.3, -0.25) is 19.8 Å². The predicted molar refractivity (Wildman–Crippen MR) is 52.2 cm³/mol. The number of amides is 2. The highest BCUT2D eigenvalue weighted by molar-refractivity contribution is 6.05. The average Bonchev–Trinajstić information content (AvgIpc) is 2.42. The molecule has 0 radical (unpaired) electrons. The highest BCUT2D eigenvalue weighted by atomic mass is 16.2. The minimum absolute atomic E-state index is 0.136. The van der Waals surface area contributed by atoms with E-state index in [0.717, 1.165) is 11.3 Å². The predicted octanol–water partition coefficient (Wildman–Crippen LogP) is -0.255. The van der Waals surface area contributed by atoms with Crippen molar-refractivity contribution in [3.8, 4) is 12.3 Å². The number of carbonyl (C=O) groups is 2. The van der Waals surface area contributed by atoms with Crippen LogP contribution in [0.2, 0.25) is 0 Å². The van der Waals surface area contributed by atoms with Gasteiger partial charge in [-0.15, -0.1) is 6.42 Å². The minimum Gasteiger partial charge on any atom is -0.292 e. The molecule has 4 heteroatoms. The molecule has 0 aromatic heterocycles. The molecule has 4 nitrogen and oxygen atoms in total. The zero-order valence-electron chi connectivity index (χ0n) is 8.41. The van der Waals surface area contributed by atoms with E-state index in [-0.39, 0.29) is 24.3 Å². The first-order chi connectivity index (χ1) is 6.60. The van der Waals surface area contributed by atoms with Crippen molar-refractivity contribution in [2.75, 3.05) is 7.05 Å². The maximum absolute atomic E-state index is 11.5. The van der Waals surface area contributed by atoms with Crippen LogP contribution in [0.15, 0.2) is 0 Å². The number of nitrogens with one attached hydrogen (secondary N) is 1. The molecule has 0 bridgehead atoms. The fourth-order valence-corrected chi connectivity index (χ4v) is 1.41. The van der Waals surface area contributed by atoms with Crippen LogP contribution in [0.5, 0.6) is 0 Å². The van der Waals surface area contributed by atoms with Crippen LogP contribution in [0, 0.1) is 12.3 Å². The Kier molecular flexibility index (Phi) is 3.26. The van der Waals surface area contributed by atoms with Crippen molar-refractivity contribution in [3.63, 3.8) is 0 Å². The largest absolute Gasteiger partial charge is 0.292 e. The molecular formula is C10H14N2O2. The van der Waals surface area contributed by atoms with Gasteiger partial charge in [0.1, 0.15) is 0 Å². The third-order valence-corrected chi connectivity index (χ3v) is 2.39. The van der Waals surface area contributed by atoms with Gasteiger partial charge in [0.2, 0.25) is 11.8 Å². The number of nitrogens with zero attached hydrogens (tertiary/aromatic N) is 1. The molecule has 1 aliphatic rings. The molecule has 1 rings (SSSR count). The molecule has 0 spiro atoms. The minimum atomic E-state index is -0.437. The van der Waals surface area contributed by atoms with Gasteiger partial charge in [0, 0.05) is 7.05 Å². The van der Waals surface area contributed by atoms with E-state index in [2.05, 4.69) is 11.2 Å². The van der Waals surface area contributed by atoms with Gasteiger partial charge in [0.15, 0.2) is 0 Å². The number of rotatable bonds is 3. The number of imide groups is 1. The number of hydrogen-bond acceptors (Lipinski definition) is 3. The lowest BCUT2D eigenvalue weighted by atomic mass is 10.1. The molecule has 14 heavy (non-hydrogen) atoms. The molecule has 2 unspecified atom stereocenters. The smallest absolute Gasteiger partial charge is 0.246 e. The molecule has 1 N–H and O–H groups in total. The lowest BCUT2D eigenvalue weighted by Gasteiger charge is -2.15. The Balaban J connectivity index is 2.60. The molecule has 1 aliphatic heterocycles. The van der Waals surface area contributed by atoms with Crippen LogP contribution >= 0.6 is 0 Å². The van der Waals surface area contributed by atoms with Gasteiger partial charge >= 0.3 is 0 Å². The van der Waals surface area contributed by atoms with Gasteiger partial charge in [-0.25, -0.2) is 0 Å². The monoisotopic (exact) mass is 194 g/mol. The van der Waals surface area contributed by atoms with Crippen LogP contribution in [0.4, 0.5) is 0 Å². The van der Waals surface area contributed by atoms with Gasteiger partial charge in [-0.1, -0.05) is 12.8 Å². The Morgan fingerprint density at radius 1 is 1.71 bits per heavy atom. The number of hydrogen-bond donors (Lipinski definition) is 1. The second-order valence-corrected chi connectivity index (χ2v) is 3.34. The molecule has 1 fully saturated rings. The van der Waals surface area contributed by atoms with Crippen LogP contribution in [0.25, 0.3) is 0 Å². The van der Waals surface area contributed by atoms with Gasteiger partial charge in [-0.05, 0) is 6.42 Å². The molecule has 0 aromatic rings. The van der Waals surface area contributed by atoms with Crippen molar-refractivity contribution in [3.05, 3.63) is 0 Å². The molecule has 1 saturated heterocycles. The molecule has 2 amide bonds. The van der Waals surface area contributed by atoms with E-state index in [9.17, 15) is 9.59 Å². The summed E-state index contributed by atoms with van der Waals surface area (Å²) in [7, 11) is 1.49. The van der Waals surface area contributed by atoms with E-state index in [1.807, 2.05) is 6.92 Å². The molecule has 0 aliphatic carbocycles. The van der Waals surface area contributed by atoms with E-state index in [1.165, 1.54) is 7.05 Å². The van der Waals surface area contributed by atoms with Crippen LogP contribution in [-0.4, -0.2) is 35.8 Å². The average molecular weight is 194 g/mol. The summed E-state index contributed by atoms with van der Waals surface area (Å²) in [6.07, 6.45) is 6.22. The third-order valence-electron chi connectivity index (χ3n) is 2.39. The Hall–Kier alpha value is -1.34. The number of terminal acetylenes is 1. The number of likely N-dealkylation sites (N-methyl/N-ethyl adjacent to an activating group) is 1. The van der Waals surface area contributed by atoms with E-state index in [1.54, 1.807) is 0 Å². The lowest BCUT2D eigenvalue weighted by Crippen LogP contribution is -2.42. The van der Waals surface area contributed by atoms with E-state index in [4.69, 9.17) is 6.42 Å². The van der Waals surface area contributed by atoms with Crippen LogP contribution in [0.1, 0.15) is 19.8 Å². The van der Waals surface area contributed by atoms with Gasteiger partial charge < -0.3 is 0 Å². The van der Waals surface area contributed by atoms with Crippen LogP contribution in [0.3, 0.4) is 0 Å². The summed E-state index contributed by atoms with van der Waals surface area (Å²) in [5.41, 5.74) is 0. The van der Waals surface area contributed by atoms with Crippen LogP contribution in [-0.2, 0) is 9.59 Å². The molecule has 1 heterocycles. The van der Waals surface area contributed by atoms with Crippen molar-refractivity contribution < 1.29 is 9.59 Å². The first-order valence-electron chi connectivity index (χ1n) is 4.62. The standard InChI is InChI=1S/C10H14N2O2/c1-4-7(5-2)11-8-6-9(13)12(3)10(8)14/h1,7-8,11H,5-6H2,2-3H3. The second-order valence-electron chi connectivity index (χ2n) is 3.34. The highest BCUT2D eigenvalue weighted by Crippen LogP contribution is 2.11. The molecular weight excluding hydrogens is 180 g/mol. The summed E-state index contributed by atoms with van der Waals surface area (Å²) in [5.74, 6) is 2.19. The van der Waals surface area contributed by atoms with Crippen molar-refractivity contribution in [1.29, 1.82) is 0 Å². The summed E-state index contributed by atoms with van der Waals surface area (Å²) in [4.78, 5) is 23.8. The van der Waals surface area contributed by atoms with Gasteiger partial charge in [0.25, 0.3) is 0 Å². The number of carbonyl (C=O) groups excluding carboxylic acids is 2. The summed E-state index contributed by atoms with van der Waals surface area (Å²) in [6.45, 7) is 1.93. The van der Waals surface area contributed by atoms with Crippen molar-refractivity contribution in [1.82, 2.24) is 10.2 Å². The SMILES string of the molecule is C#CC(CC)NC1CC(=O)N(C)C1=O. The van der Waals surface area contributed by atoms with Crippen LogP contribution < -0.4 is 5.32 Å². The Bertz CT molecular complexity index is 293. The van der Waals surface area contributed by atoms with Crippen molar-refractivity contribution in [2.45, 2.75) is 31.8 Å². The maximum Gasteiger partial charge on any atom is 0.246 e. The van der Waals surface area contributed by atoms with E-state index < -0.39 is 6.04 Å². The lowest BCUT2D eigenvalue weighted by molar-refractivity contribution is -0.137. The molecule has 2 atom stereocenters. The Labute approximate surface area is 83.6 Å². The summed E-state index contributed by atoms with van der Waals surface area (Å²) < 4.78 is 0. The Morgan fingerprint density at radius 2 is 2.36 bits per heavy atom.